The number of hydrogen-bond donors (Lipinski definition) is 1. The Balaban J connectivity index is 1.56. The smallest absolute Gasteiger partial charge is 0.123 e. The minimum Gasteiger partial charge on any atom is -0.488 e. The van der Waals surface area contributed by atoms with Crippen LogP contribution < -0.4 is 10.1 Å². The molecule has 2 atom stereocenters. The van der Waals surface area contributed by atoms with E-state index in [0.717, 1.165) is 23.7 Å². The zero-order chi connectivity index (χ0) is 14.1. The average Bonchev–Trinajstić information content (AvgIpc) is 3.01. The van der Waals surface area contributed by atoms with Crippen molar-refractivity contribution in [1.82, 2.24) is 10.3 Å². The van der Waals surface area contributed by atoms with Crippen LogP contribution in [0.2, 0.25) is 0 Å². The van der Waals surface area contributed by atoms with E-state index < -0.39 is 0 Å². The van der Waals surface area contributed by atoms with E-state index in [1.807, 2.05) is 6.20 Å². The quantitative estimate of drug-likeness (QED) is 0.936. The van der Waals surface area contributed by atoms with Crippen molar-refractivity contribution in [2.45, 2.75) is 39.3 Å². The van der Waals surface area contributed by atoms with Crippen LogP contribution in [0, 0.1) is 13.8 Å². The van der Waals surface area contributed by atoms with Crippen molar-refractivity contribution in [3.8, 4) is 5.75 Å². The van der Waals surface area contributed by atoms with E-state index in [1.54, 1.807) is 11.3 Å². The highest BCUT2D eigenvalue weighted by molar-refractivity contribution is 7.11. The fraction of sp³-hybridized carbons (Fsp3) is 0.438. The lowest BCUT2D eigenvalue weighted by Crippen LogP contribution is -2.31. The van der Waals surface area contributed by atoms with E-state index in [4.69, 9.17) is 4.74 Å². The van der Waals surface area contributed by atoms with Gasteiger partial charge in [-0.25, -0.2) is 4.98 Å². The summed E-state index contributed by atoms with van der Waals surface area (Å²) in [5.41, 5.74) is 2.63. The van der Waals surface area contributed by atoms with Crippen LogP contribution in [0.3, 0.4) is 0 Å². The molecule has 0 saturated carbocycles. The standard InChI is InChI=1S/C16H20N2OS/c1-10-4-5-15-13(6-10)7-14(19-15)9-17-12(3)16-18-8-11(2)20-16/h4-6,8,12,14,17H,7,9H2,1-3H3. The van der Waals surface area contributed by atoms with Gasteiger partial charge >= 0.3 is 0 Å². The number of benzene rings is 1. The molecule has 3 nitrogen and oxygen atoms in total. The van der Waals surface area contributed by atoms with E-state index in [0.29, 0.717) is 0 Å². The molecule has 1 aromatic carbocycles. The van der Waals surface area contributed by atoms with Gasteiger partial charge in [-0.3, -0.25) is 0 Å². The van der Waals surface area contributed by atoms with Crippen LogP contribution in [-0.4, -0.2) is 17.6 Å². The Labute approximate surface area is 124 Å². The number of nitrogens with zero attached hydrogens (tertiary/aromatic N) is 1. The van der Waals surface area contributed by atoms with Crippen molar-refractivity contribution in [1.29, 1.82) is 0 Å². The fourth-order valence-electron chi connectivity index (χ4n) is 2.53. The highest BCUT2D eigenvalue weighted by Gasteiger charge is 2.23. The molecule has 0 spiro atoms. The van der Waals surface area contributed by atoms with E-state index in [1.165, 1.54) is 16.0 Å². The highest BCUT2D eigenvalue weighted by atomic mass is 32.1. The van der Waals surface area contributed by atoms with E-state index in [2.05, 4.69) is 49.3 Å². The molecule has 0 saturated heterocycles. The summed E-state index contributed by atoms with van der Waals surface area (Å²) in [5.74, 6) is 1.04. The minimum atomic E-state index is 0.232. The van der Waals surface area contributed by atoms with Crippen molar-refractivity contribution in [2.24, 2.45) is 0 Å². The molecule has 4 heteroatoms. The maximum atomic E-state index is 5.97. The Hall–Kier alpha value is -1.39. The topological polar surface area (TPSA) is 34.2 Å². The van der Waals surface area contributed by atoms with Crippen molar-refractivity contribution >= 4 is 11.3 Å². The second-order valence-corrected chi connectivity index (χ2v) is 6.76. The molecule has 20 heavy (non-hydrogen) atoms. The molecule has 2 aromatic rings. The largest absolute Gasteiger partial charge is 0.488 e. The maximum absolute atomic E-state index is 5.97. The number of ether oxygens (including phenoxy) is 1. The molecule has 2 heterocycles. The van der Waals surface area contributed by atoms with Gasteiger partial charge in [-0.05, 0) is 32.4 Å². The first-order chi connectivity index (χ1) is 9.61. The SMILES string of the molecule is Cc1ccc2c(c1)CC(CNC(C)c1ncc(C)s1)O2. The van der Waals surface area contributed by atoms with Gasteiger partial charge in [0, 0.05) is 24.0 Å². The van der Waals surface area contributed by atoms with Gasteiger partial charge in [0.15, 0.2) is 0 Å². The summed E-state index contributed by atoms with van der Waals surface area (Å²) in [7, 11) is 0. The third kappa shape index (κ3) is 2.86. The van der Waals surface area contributed by atoms with Crippen LogP contribution in [0.25, 0.3) is 0 Å². The van der Waals surface area contributed by atoms with E-state index >= 15 is 0 Å². The van der Waals surface area contributed by atoms with Gasteiger partial charge in [-0.2, -0.15) is 0 Å². The lowest BCUT2D eigenvalue weighted by Gasteiger charge is -2.15. The van der Waals surface area contributed by atoms with E-state index in [9.17, 15) is 0 Å². The predicted molar refractivity (Wildman–Crippen MR) is 82.6 cm³/mol. The van der Waals surface area contributed by atoms with Crippen LogP contribution >= 0.6 is 11.3 Å². The lowest BCUT2D eigenvalue weighted by atomic mass is 10.1. The summed E-state index contributed by atoms with van der Waals surface area (Å²) < 4.78 is 5.97. The van der Waals surface area contributed by atoms with Gasteiger partial charge in [0.2, 0.25) is 0 Å². The first kappa shape index (κ1) is 13.6. The predicted octanol–water partition coefficient (Wildman–Crippen LogP) is 3.41. The van der Waals surface area contributed by atoms with Crippen LogP contribution in [0.1, 0.15) is 34.0 Å². The van der Waals surface area contributed by atoms with Gasteiger partial charge < -0.3 is 10.1 Å². The molecule has 2 unspecified atom stereocenters. The second-order valence-electron chi connectivity index (χ2n) is 5.49. The zero-order valence-electron chi connectivity index (χ0n) is 12.1. The summed E-state index contributed by atoms with van der Waals surface area (Å²) in [6, 6.07) is 6.69. The molecule has 3 rings (SSSR count). The first-order valence-electron chi connectivity index (χ1n) is 7.03. The monoisotopic (exact) mass is 288 g/mol. The number of thiazole rings is 1. The van der Waals surface area contributed by atoms with Crippen LogP contribution in [0.15, 0.2) is 24.4 Å². The summed E-state index contributed by atoms with van der Waals surface area (Å²) >= 11 is 1.75. The third-order valence-electron chi connectivity index (χ3n) is 3.62. The van der Waals surface area contributed by atoms with Crippen molar-refractivity contribution in [3.05, 3.63) is 45.4 Å². The molecule has 1 aromatic heterocycles. The molecular formula is C16H20N2OS. The minimum absolute atomic E-state index is 0.232. The fourth-order valence-corrected chi connectivity index (χ4v) is 3.33. The van der Waals surface area contributed by atoms with Crippen LogP contribution in [-0.2, 0) is 6.42 Å². The number of aryl methyl sites for hydroxylation is 2. The molecule has 1 aliphatic heterocycles. The Bertz CT molecular complexity index is 608. The second kappa shape index (κ2) is 5.54. The van der Waals surface area contributed by atoms with Crippen molar-refractivity contribution in [2.75, 3.05) is 6.54 Å². The van der Waals surface area contributed by atoms with Crippen molar-refractivity contribution in [3.63, 3.8) is 0 Å². The molecule has 0 amide bonds. The van der Waals surface area contributed by atoms with Gasteiger partial charge in [-0.1, -0.05) is 17.7 Å². The Kier molecular flexibility index (Phi) is 3.76. The van der Waals surface area contributed by atoms with Crippen molar-refractivity contribution < 1.29 is 4.74 Å². The van der Waals surface area contributed by atoms with Gasteiger partial charge in [0.1, 0.15) is 16.9 Å². The number of hydrogen-bond acceptors (Lipinski definition) is 4. The molecule has 0 aliphatic carbocycles. The summed E-state index contributed by atoms with van der Waals surface area (Å²) in [6.45, 7) is 7.23. The molecule has 0 fully saturated rings. The van der Waals surface area contributed by atoms with Gasteiger partial charge in [0.05, 0.1) is 6.04 Å². The zero-order valence-corrected chi connectivity index (χ0v) is 13.0. The normalized spacial score (nSPS) is 18.6. The summed E-state index contributed by atoms with van der Waals surface area (Å²) in [5, 5.41) is 4.67. The highest BCUT2D eigenvalue weighted by Crippen LogP contribution is 2.29. The number of aromatic nitrogens is 1. The third-order valence-corrected chi connectivity index (χ3v) is 4.71. The molecule has 1 aliphatic rings. The molecular weight excluding hydrogens is 268 g/mol. The Morgan fingerprint density at radius 1 is 1.45 bits per heavy atom. The molecule has 0 radical (unpaired) electrons. The summed E-state index contributed by atoms with van der Waals surface area (Å²) in [6.07, 6.45) is 3.16. The van der Waals surface area contributed by atoms with Crippen LogP contribution in [0.4, 0.5) is 0 Å². The average molecular weight is 288 g/mol. The molecule has 106 valence electrons. The number of rotatable bonds is 4. The first-order valence-corrected chi connectivity index (χ1v) is 7.85. The van der Waals surface area contributed by atoms with Gasteiger partial charge in [-0.15, -0.1) is 11.3 Å². The maximum Gasteiger partial charge on any atom is 0.123 e. The number of nitrogens with one attached hydrogen (secondary N) is 1. The Morgan fingerprint density at radius 2 is 2.30 bits per heavy atom. The van der Waals surface area contributed by atoms with Crippen LogP contribution in [0.5, 0.6) is 5.75 Å². The lowest BCUT2D eigenvalue weighted by molar-refractivity contribution is 0.222. The molecule has 1 N–H and O–H groups in total. The summed E-state index contributed by atoms with van der Waals surface area (Å²) in [4.78, 5) is 5.69. The number of fused-ring (bicyclic) bond motifs is 1. The van der Waals surface area contributed by atoms with E-state index in [-0.39, 0.29) is 12.1 Å². The Morgan fingerprint density at radius 3 is 3.05 bits per heavy atom. The molecule has 0 bridgehead atoms. The van der Waals surface area contributed by atoms with Gasteiger partial charge in [0.25, 0.3) is 0 Å².